The smallest absolute Gasteiger partial charge is 0.330 e. The van der Waals surface area contributed by atoms with Gasteiger partial charge in [0.2, 0.25) is 0 Å². The Morgan fingerprint density at radius 1 is 1.30 bits per heavy atom. The lowest BCUT2D eigenvalue weighted by molar-refractivity contribution is 0.146. The first-order valence-electron chi connectivity index (χ1n) is 7.46. The van der Waals surface area contributed by atoms with Crippen molar-refractivity contribution in [3.63, 3.8) is 0 Å². The van der Waals surface area contributed by atoms with E-state index in [-0.39, 0.29) is 19.1 Å². The molecule has 0 amide bonds. The van der Waals surface area contributed by atoms with Crippen molar-refractivity contribution in [3.8, 4) is 0 Å². The van der Waals surface area contributed by atoms with E-state index in [0.717, 1.165) is 0 Å². The summed E-state index contributed by atoms with van der Waals surface area (Å²) in [7, 11) is -3.15. The minimum absolute atomic E-state index is 0.152. The molecule has 0 unspecified atom stereocenters. The van der Waals surface area contributed by atoms with Crippen LogP contribution in [0.3, 0.4) is 0 Å². The summed E-state index contributed by atoms with van der Waals surface area (Å²) < 4.78 is 24.5. The molecule has 0 aliphatic rings. The summed E-state index contributed by atoms with van der Waals surface area (Å²) in [4.78, 5) is 12.1. The minimum Gasteiger partial charge on any atom is -0.391 e. The van der Waals surface area contributed by atoms with Gasteiger partial charge in [-0.3, -0.25) is 4.57 Å². The normalized spacial score (nSPS) is 13.5. The molecule has 0 aromatic carbocycles. The van der Waals surface area contributed by atoms with Crippen molar-refractivity contribution in [2.75, 3.05) is 25.1 Å². The summed E-state index contributed by atoms with van der Waals surface area (Å²) in [6, 6.07) is 0. The molecule has 0 fully saturated rings. The Morgan fingerprint density at radius 2 is 2.00 bits per heavy atom. The zero-order chi connectivity index (χ0) is 16.9. The Hall–Kier alpha value is -1.54. The molecular formula is C13H22N5O4P. The van der Waals surface area contributed by atoms with Gasteiger partial charge in [-0.25, -0.2) is 15.0 Å². The molecule has 2 aromatic rings. The first kappa shape index (κ1) is 17.8. The number of rotatable bonds is 9. The third-order valence-corrected chi connectivity index (χ3v) is 5.33. The summed E-state index contributed by atoms with van der Waals surface area (Å²) in [5.41, 5.74) is 6.77. The maximum Gasteiger partial charge on any atom is 0.330 e. The van der Waals surface area contributed by atoms with E-state index in [2.05, 4.69) is 15.0 Å². The zero-order valence-corrected chi connectivity index (χ0v) is 14.1. The van der Waals surface area contributed by atoms with Gasteiger partial charge in [0.15, 0.2) is 11.5 Å². The van der Waals surface area contributed by atoms with Crippen LogP contribution in [0.15, 0.2) is 12.7 Å². The summed E-state index contributed by atoms with van der Waals surface area (Å²) in [5, 5.41) is 10.2. The van der Waals surface area contributed by atoms with Crippen LogP contribution in [0.4, 0.5) is 5.82 Å². The van der Waals surface area contributed by atoms with Crippen LogP contribution in [-0.4, -0.2) is 50.1 Å². The van der Waals surface area contributed by atoms with Gasteiger partial charge in [0.1, 0.15) is 11.8 Å². The van der Waals surface area contributed by atoms with Crippen LogP contribution in [0.1, 0.15) is 20.3 Å². The molecule has 0 aliphatic heterocycles. The second kappa shape index (κ2) is 7.83. The number of nitrogens with two attached hydrogens (primary N) is 1. The lowest BCUT2D eigenvalue weighted by atomic mass is 10.3. The van der Waals surface area contributed by atoms with Crippen molar-refractivity contribution < 1.29 is 18.7 Å². The Balaban J connectivity index is 2.00. The van der Waals surface area contributed by atoms with Crippen LogP contribution in [0.5, 0.6) is 0 Å². The Morgan fingerprint density at radius 3 is 2.65 bits per heavy atom. The maximum atomic E-state index is 12.4. The molecule has 9 nitrogen and oxygen atoms in total. The van der Waals surface area contributed by atoms with Gasteiger partial charge in [0.25, 0.3) is 0 Å². The van der Waals surface area contributed by atoms with E-state index < -0.39 is 13.7 Å². The molecule has 0 saturated carbocycles. The number of nitrogens with zero attached hydrogens (tertiary/aromatic N) is 4. The van der Waals surface area contributed by atoms with Crippen LogP contribution < -0.4 is 5.73 Å². The fourth-order valence-corrected chi connectivity index (χ4v) is 3.95. The highest BCUT2D eigenvalue weighted by Crippen LogP contribution is 2.48. The lowest BCUT2D eigenvalue weighted by Gasteiger charge is -2.19. The van der Waals surface area contributed by atoms with Gasteiger partial charge in [-0.05, 0) is 20.3 Å². The predicted octanol–water partition coefficient (Wildman–Crippen LogP) is 1.43. The number of fused-ring (bicyclic) bond motifs is 1. The van der Waals surface area contributed by atoms with Gasteiger partial charge in [-0.15, -0.1) is 0 Å². The molecular weight excluding hydrogens is 321 g/mol. The van der Waals surface area contributed by atoms with E-state index in [9.17, 15) is 9.67 Å². The monoisotopic (exact) mass is 343 g/mol. The Bertz CT molecular complexity index is 682. The van der Waals surface area contributed by atoms with Crippen LogP contribution in [-0.2, 0) is 20.2 Å². The van der Waals surface area contributed by atoms with Crippen molar-refractivity contribution in [3.05, 3.63) is 12.7 Å². The van der Waals surface area contributed by atoms with E-state index in [1.54, 1.807) is 24.7 Å². The topological polar surface area (TPSA) is 125 Å². The fourth-order valence-electron chi connectivity index (χ4n) is 2.22. The fraction of sp³-hybridized carbons (Fsp3) is 0.615. The number of aromatic nitrogens is 4. The molecule has 0 spiro atoms. The van der Waals surface area contributed by atoms with Crippen molar-refractivity contribution >= 4 is 24.6 Å². The van der Waals surface area contributed by atoms with Crippen molar-refractivity contribution in [2.24, 2.45) is 0 Å². The first-order chi connectivity index (χ1) is 11.0. The summed E-state index contributed by atoms with van der Waals surface area (Å²) in [6.07, 6.45) is 2.58. The second-order valence-corrected chi connectivity index (χ2v) is 7.13. The molecule has 23 heavy (non-hydrogen) atoms. The zero-order valence-electron chi connectivity index (χ0n) is 13.3. The molecule has 0 radical (unpaired) electrons. The van der Waals surface area contributed by atoms with Gasteiger partial charge in [-0.1, -0.05) is 0 Å². The molecule has 2 rings (SSSR count). The van der Waals surface area contributed by atoms with E-state index in [4.69, 9.17) is 14.8 Å². The number of aliphatic hydroxyl groups excluding tert-OH is 1. The average Bonchev–Trinajstić information content (AvgIpc) is 2.91. The summed E-state index contributed by atoms with van der Waals surface area (Å²) in [6.45, 7) is 4.37. The summed E-state index contributed by atoms with van der Waals surface area (Å²) >= 11 is 0. The molecule has 0 bridgehead atoms. The van der Waals surface area contributed by atoms with Crippen LogP contribution in [0.25, 0.3) is 11.2 Å². The lowest BCUT2D eigenvalue weighted by Crippen LogP contribution is -2.18. The van der Waals surface area contributed by atoms with Gasteiger partial charge in [0, 0.05) is 0 Å². The second-order valence-electron chi connectivity index (χ2n) is 4.94. The largest absolute Gasteiger partial charge is 0.391 e. The molecule has 0 saturated heterocycles. The minimum atomic E-state index is -3.15. The quantitative estimate of drug-likeness (QED) is 0.655. The van der Waals surface area contributed by atoms with Crippen LogP contribution >= 0.6 is 7.60 Å². The van der Waals surface area contributed by atoms with E-state index in [0.29, 0.717) is 30.2 Å². The molecule has 2 aromatic heterocycles. The average molecular weight is 343 g/mol. The van der Waals surface area contributed by atoms with Gasteiger partial charge < -0.3 is 24.5 Å². The maximum absolute atomic E-state index is 12.4. The first-order valence-corrected chi connectivity index (χ1v) is 9.19. The SMILES string of the molecule is CCOP(=O)(CC[C@H](O)Cn1cnc2c(N)ncnc21)OCC. The Kier molecular flexibility index (Phi) is 6.06. The van der Waals surface area contributed by atoms with Gasteiger partial charge >= 0.3 is 7.60 Å². The van der Waals surface area contributed by atoms with Crippen molar-refractivity contribution in [2.45, 2.75) is 32.9 Å². The number of anilines is 1. The molecule has 128 valence electrons. The van der Waals surface area contributed by atoms with Gasteiger partial charge in [-0.2, -0.15) is 0 Å². The van der Waals surface area contributed by atoms with Crippen LogP contribution in [0.2, 0.25) is 0 Å². The highest BCUT2D eigenvalue weighted by molar-refractivity contribution is 7.53. The number of nitrogen functional groups attached to an aromatic ring is 1. The van der Waals surface area contributed by atoms with E-state index in [1.165, 1.54) is 6.33 Å². The molecule has 3 N–H and O–H groups in total. The number of imidazole rings is 1. The van der Waals surface area contributed by atoms with E-state index in [1.807, 2.05) is 0 Å². The number of aliphatic hydroxyl groups is 1. The number of hydrogen-bond donors (Lipinski definition) is 2. The third kappa shape index (κ3) is 4.48. The Labute approximate surface area is 134 Å². The molecule has 0 aliphatic carbocycles. The predicted molar refractivity (Wildman–Crippen MR) is 86.1 cm³/mol. The van der Waals surface area contributed by atoms with Crippen molar-refractivity contribution in [1.29, 1.82) is 0 Å². The molecule has 1 atom stereocenters. The summed E-state index contributed by atoms with van der Waals surface area (Å²) in [5.74, 6) is 0.292. The van der Waals surface area contributed by atoms with E-state index >= 15 is 0 Å². The molecule has 2 heterocycles. The highest BCUT2D eigenvalue weighted by Gasteiger charge is 2.25. The number of hydrogen-bond acceptors (Lipinski definition) is 8. The van der Waals surface area contributed by atoms with Crippen molar-refractivity contribution in [1.82, 2.24) is 19.5 Å². The standard InChI is InChI=1S/C13H22N5O4P/c1-3-21-23(20,22-4-2)6-5-10(19)7-18-9-17-11-12(14)15-8-16-13(11)18/h8-10,19H,3-7H2,1-2H3,(H2,14,15,16)/t10-/m0/s1. The third-order valence-electron chi connectivity index (χ3n) is 3.22. The highest BCUT2D eigenvalue weighted by atomic mass is 31.2. The molecule has 10 heteroatoms. The van der Waals surface area contributed by atoms with Gasteiger partial charge in [0.05, 0.1) is 38.4 Å². The van der Waals surface area contributed by atoms with Crippen LogP contribution in [0, 0.1) is 0 Å².